The Morgan fingerprint density at radius 1 is 1.70 bits per heavy atom. The second-order valence-corrected chi connectivity index (χ2v) is 1.61. The molecule has 1 aromatic heterocycles. The minimum absolute atomic E-state index is 0.132. The largest absolute Gasteiger partial charge is 0.475 e. The summed E-state index contributed by atoms with van der Waals surface area (Å²) < 4.78 is 4.66. The number of hydrogen-bond donors (Lipinski definition) is 1. The average Bonchev–Trinajstić information content (AvgIpc) is 2.34. The fraction of sp³-hybridized carbons (Fsp3) is 0. The number of carbonyl (C=O) groups is 1. The molecule has 0 radical (unpaired) electrons. The maximum atomic E-state index is 10.2. The van der Waals surface area contributed by atoms with Crippen molar-refractivity contribution in [2.24, 2.45) is 0 Å². The quantitative estimate of drug-likeness (QED) is 0.585. The lowest BCUT2D eigenvalue weighted by molar-refractivity contribution is 0.0662. The Labute approximate surface area is 57.3 Å². The van der Waals surface area contributed by atoms with Crippen LogP contribution in [0.5, 0.6) is 0 Å². The average molecular weight is 136 g/mol. The van der Waals surface area contributed by atoms with Crippen molar-refractivity contribution >= 4 is 5.97 Å². The Bertz CT molecular complexity index is 290. The molecule has 1 aromatic rings. The van der Waals surface area contributed by atoms with E-state index in [2.05, 4.69) is 10.3 Å². The smallest absolute Gasteiger partial charge is 0.371 e. The Morgan fingerprint density at radius 2 is 2.40 bits per heavy atom. The van der Waals surface area contributed by atoms with E-state index in [-0.39, 0.29) is 11.5 Å². The molecule has 0 aliphatic carbocycles. The van der Waals surface area contributed by atoms with Crippen LogP contribution in [-0.2, 0) is 0 Å². The summed E-state index contributed by atoms with van der Waals surface area (Å²) in [5.74, 6) is 1.16. The molecule has 1 N–H and O–H groups in total. The molecular weight excluding hydrogens is 132 g/mol. The molecule has 0 unspecified atom stereocenters. The third kappa shape index (κ3) is 1.00. The summed E-state index contributed by atoms with van der Waals surface area (Å²) in [7, 11) is 0. The highest BCUT2D eigenvalue weighted by atomic mass is 16.4. The van der Waals surface area contributed by atoms with Crippen molar-refractivity contribution in [1.82, 2.24) is 0 Å². The Morgan fingerprint density at radius 3 is 2.70 bits per heavy atom. The van der Waals surface area contributed by atoms with Gasteiger partial charge in [-0.3, -0.25) is 0 Å². The van der Waals surface area contributed by atoms with Crippen molar-refractivity contribution < 1.29 is 14.3 Å². The number of furan rings is 1. The van der Waals surface area contributed by atoms with Crippen LogP contribution in [0.3, 0.4) is 0 Å². The summed E-state index contributed by atoms with van der Waals surface area (Å²) >= 11 is 0. The van der Waals surface area contributed by atoms with Gasteiger partial charge in [-0.25, -0.2) is 4.79 Å². The number of rotatable bonds is 1. The van der Waals surface area contributed by atoms with Gasteiger partial charge >= 0.3 is 5.97 Å². The fourth-order valence-electron chi connectivity index (χ4n) is 0.530. The minimum Gasteiger partial charge on any atom is -0.475 e. The summed E-state index contributed by atoms with van der Waals surface area (Å²) in [4.78, 5) is 10.2. The molecule has 50 valence electrons. The SMILES string of the molecule is C#Cc1ccc(C(=O)O)o1. The van der Waals surface area contributed by atoms with E-state index in [1.54, 1.807) is 0 Å². The van der Waals surface area contributed by atoms with Crippen LogP contribution >= 0.6 is 0 Å². The lowest BCUT2D eigenvalue weighted by atomic mass is 10.4. The van der Waals surface area contributed by atoms with Gasteiger partial charge in [0.05, 0.1) is 0 Å². The molecule has 0 spiro atoms. The zero-order valence-corrected chi connectivity index (χ0v) is 5.00. The molecule has 10 heavy (non-hydrogen) atoms. The molecular formula is C7H4O3. The Kier molecular flexibility index (Phi) is 1.46. The molecule has 3 nitrogen and oxygen atoms in total. The fourth-order valence-corrected chi connectivity index (χ4v) is 0.530. The maximum absolute atomic E-state index is 10.2. The molecule has 0 aliphatic rings. The van der Waals surface area contributed by atoms with E-state index in [0.29, 0.717) is 0 Å². The monoisotopic (exact) mass is 136 g/mol. The molecule has 0 amide bonds. The van der Waals surface area contributed by atoms with Gasteiger partial charge in [-0.1, -0.05) is 0 Å². The second kappa shape index (κ2) is 2.28. The van der Waals surface area contributed by atoms with Gasteiger partial charge in [-0.15, -0.1) is 6.42 Å². The van der Waals surface area contributed by atoms with Gasteiger partial charge < -0.3 is 9.52 Å². The molecule has 0 bridgehead atoms. The molecule has 0 saturated heterocycles. The zero-order valence-electron chi connectivity index (χ0n) is 5.00. The predicted octanol–water partition coefficient (Wildman–Crippen LogP) is 0.959. The van der Waals surface area contributed by atoms with Gasteiger partial charge in [-0.2, -0.15) is 0 Å². The first-order chi connectivity index (χ1) is 4.74. The molecule has 0 aromatic carbocycles. The summed E-state index contributed by atoms with van der Waals surface area (Å²) in [6.07, 6.45) is 4.93. The number of carboxylic acids is 1. The van der Waals surface area contributed by atoms with Gasteiger partial charge in [0.1, 0.15) is 0 Å². The van der Waals surface area contributed by atoms with E-state index >= 15 is 0 Å². The van der Waals surface area contributed by atoms with Crippen LogP contribution in [0.1, 0.15) is 16.3 Å². The number of hydrogen-bond acceptors (Lipinski definition) is 2. The topological polar surface area (TPSA) is 50.4 Å². The first-order valence-electron chi connectivity index (χ1n) is 2.54. The van der Waals surface area contributed by atoms with E-state index in [0.717, 1.165) is 0 Å². The van der Waals surface area contributed by atoms with Crippen molar-refractivity contribution in [2.75, 3.05) is 0 Å². The molecule has 3 heteroatoms. The van der Waals surface area contributed by atoms with Crippen molar-refractivity contribution in [3.05, 3.63) is 23.7 Å². The van der Waals surface area contributed by atoms with E-state index in [9.17, 15) is 4.79 Å². The zero-order chi connectivity index (χ0) is 7.56. The standard InChI is InChI=1S/C7H4O3/c1-2-5-3-4-6(10-5)7(8)9/h1,3-4H,(H,8,9). The lowest BCUT2D eigenvalue weighted by Gasteiger charge is -1.81. The van der Waals surface area contributed by atoms with Gasteiger partial charge in [0.2, 0.25) is 5.76 Å². The number of terminal acetylenes is 1. The van der Waals surface area contributed by atoms with Gasteiger partial charge in [0.25, 0.3) is 0 Å². The summed E-state index contributed by atoms with van der Waals surface area (Å²) in [5, 5.41) is 8.33. The number of carboxylic acid groups (broad SMARTS) is 1. The highest BCUT2D eigenvalue weighted by Gasteiger charge is 2.06. The van der Waals surface area contributed by atoms with Crippen LogP contribution < -0.4 is 0 Å². The van der Waals surface area contributed by atoms with Crippen LogP contribution in [0.25, 0.3) is 0 Å². The van der Waals surface area contributed by atoms with Crippen molar-refractivity contribution in [2.45, 2.75) is 0 Å². The van der Waals surface area contributed by atoms with E-state index in [4.69, 9.17) is 11.5 Å². The van der Waals surface area contributed by atoms with Crippen LogP contribution in [0, 0.1) is 12.3 Å². The predicted molar refractivity (Wildman–Crippen MR) is 33.6 cm³/mol. The Hall–Kier alpha value is -1.69. The maximum Gasteiger partial charge on any atom is 0.371 e. The van der Waals surface area contributed by atoms with Crippen LogP contribution in [0.15, 0.2) is 16.5 Å². The third-order valence-electron chi connectivity index (χ3n) is 0.959. The van der Waals surface area contributed by atoms with E-state index in [1.165, 1.54) is 12.1 Å². The molecule has 0 fully saturated rings. The van der Waals surface area contributed by atoms with Crippen molar-refractivity contribution in [3.8, 4) is 12.3 Å². The third-order valence-corrected chi connectivity index (χ3v) is 0.959. The highest BCUT2D eigenvalue weighted by molar-refractivity contribution is 5.84. The minimum atomic E-state index is -1.11. The molecule has 1 rings (SSSR count). The molecule has 0 aliphatic heterocycles. The molecule has 0 atom stereocenters. The molecule has 1 heterocycles. The summed E-state index contributed by atoms with van der Waals surface area (Å²) in [6.45, 7) is 0. The van der Waals surface area contributed by atoms with Gasteiger partial charge in [0, 0.05) is 0 Å². The highest BCUT2D eigenvalue weighted by Crippen LogP contribution is 2.05. The Balaban J connectivity index is 3.02. The molecule has 0 saturated carbocycles. The number of aromatic carboxylic acids is 1. The second-order valence-electron chi connectivity index (χ2n) is 1.61. The van der Waals surface area contributed by atoms with E-state index < -0.39 is 5.97 Å². The van der Waals surface area contributed by atoms with Gasteiger partial charge in [0.15, 0.2) is 5.76 Å². The van der Waals surface area contributed by atoms with Crippen molar-refractivity contribution in [1.29, 1.82) is 0 Å². The van der Waals surface area contributed by atoms with Crippen molar-refractivity contribution in [3.63, 3.8) is 0 Å². The summed E-state index contributed by atoms with van der Waals surface area (Å²) in [5.41, 5.74) is 0. The van der Waals surface area contributed by atoms with E-state index in [1.807, 2.05) is 0 Å². The first kappa shape index (κ1) is 6.43. The first-order valence-corrected chi connectivity index (χ1v) is 2.54. The lowest BCUT2D eigenvalue weighted by Crippen LogP contribution is -1.91. The summed E-state index contributed by atoms with van der Waals surface area (Å²) in [6, 6.07) is 2.75. The van der Waals surface area contributed by atoms with Crippen LogP contribution in [0.4, 0.5) is 0 Å². The van der Waals surface area contributed by atoms with Gasteiger partial charge in [-0.05, 0) is 18.1 Å². The normalized spacial score (nSPS) is 8.70. The van der Waals surface area contributed by atoms with Crippen LogP contribution in [0.2, 0.25) is 0 Å². The van der Waals surface area contributed by atoms with Crippen LogP contribution in [-0.4, -0.2) is 11.1 Å².